The maximum absolute atomic E-state index is 12.4. The van der Waals surface area contributed by atoms with Crippen molar-refractivity contribution in [2.24, 2.45) is 0 Å². The van der Waals surface area contributed by atoms with Crippen molar-refractivity contribution >= 4 is 23.4 Å². The van der Waals surface area contributed by atoms with Crippen LogP contribution in [-0.4, -0.2) is 23.0 Å². The topological polar surface area (TPSA) is 84.1 Å². The van der Waals surface area contributed by atoms with E-state index < -0.39 is 0 Å². The van der Waals surface area contributed by atoms with Crippen LogP contribution in [0.3, 0.4) is 0 Å². The lowest BCUT2D eigenvalue weighted by molar-refractivity contribution is -0.115. The SMILES string of the molecule is COc1cccc(CSc2nc(CC(=O)Nc3ccc(C)cc3C)cc(=O)[nH]2)c1. The largest absolute Gasteiger partial charge is 0.497 e. The lowest BCUT2D eigenvalue weighted by Crippen LogP contribution is -2.18. The predicted octanol–water partition coefficient (Wildman–Crippen LogP) is 3.87. The second-order valence-corrected chi connectivity index (χ2v) is 7.69. The summed E-state index contributed by atoms with van der Waals surface area (Å²) in [5.41, 5.74) is 4.10. The molecule has 29 heavy (non-hydrogen) atoms. The number of aromatic nitrogens is 2. The highest BCUT2D eigenvalue weighted by Crippen LogP contribution is 2.22. The van der Waals surface area contributed by atoms with E-state index in [2.05, 4.69) is 15.3 Å². The molecule has 0 aliphatic rings. The summed E-state index contributed by atoms with van der Waals surface area (Å²) in [7, 11) is 1.62. The molecule has 6 nitrogen and oxygen atoms in total. The van der Waals surface area contributed by atoms with E-state index in [1.165, 1.54) is 17.8 Å². The number of H-pyrrole nitrogens is 1. The molecule has 2 N–H and O–H groups in total. The number of aryl methyl sites for hydroxylation is 2. The fourth-order valence-electron chi connectivity index (χ4n) is 2.87. The van der Waals surface area contributed by atoms with Gasteiger partial charge in [0.05, 0.1) is 19.2 Å². The third-order valence-electron chi connectivity index (χ3n) is 4.28. The minimum Gasteiger partial charge on any atom is -0.497 e. The Hall–Kier alpha value is -3.06. The number of ether oxygens (including phenoxy) is 1. The lowest BCUT2D eigenvalue weighted by atomic mass is 10.1. The van der Waals surface area contributed by atoms with Crippen LogP contribution in [0, 0.1) is 13.8 Å². The van der Waals surface area contributed by atoms with Gasteiger partial charge in [0.1, 0.15) is 5.75 Å². The molecule has 0 atom stereocenters. The Morgan fingerprint density at radius 3 is 2.76 bits per heavy atom. The van der Waals surface area contributed by atoms with Gasteiger partial charge in [-0.05, 0) is 43.2 Å². The lowest BCUT2D eigenvalue weighted by Gasteiger charge is -2.09. The van der Waals surface area contributed by atoms with Gasteiger partial charge in [-0.15, -0.1) is 0 Å². The van der Waals surface area contributed by atoms with E-state index in [4.69, 9.17) is 4.74 Å². The fourth-order valence-corrected chi connectivity index (χ4v) is 3.71. The van der Waals surface area contributed by atoms with Gasteiger partial charge in [-0.25, -0.2) is 4.98 Å². The third kappa shape index (κ3) is 5.96. The minimum absolute atomic E-state index is 0.0317. The number of amides is 1. The summed E-state index contributed by atoms with van der Waals surface area (Å²) in [6, 6.07) is 14.9. The normalized spacial score (nSPS) is 10.6. The first kappa shape index (κ1) is 20.7. The van der Waals surface area contributed by atoms with E-state index in [0.717, 1.165) is 28.1 Å². The number of nitrogens with zero attached hydrogens (tertiary/aromatic N) is 1. The smallest absolute Gasteiger partial charge is 0.251 e. The summed E-state index contributed by atoms with van der Waals surface area (Å²) in [6.45, 7) is 3.95. The number of aromatic amines is 1. The van der Waals surface area contributed by atoms with Crippen LogP contribution in [0.4, 0.5) is 5.69 Å². The van der Waals surface area contributed by atoms with Crippen LogP contribution in [0.2, 0.25) is 0 Å². The summed E-state index contributed by atoms with van der Waals surface area (Å²) >= 11 is 1.40. The van der Waals surface area contributed by atoms with Crippen molar-refractivity contribution in [1.82, 2.24) is 9.97 Å². The Morgan fingerprint density at radius 1 is 1.17 bits per heavy atom. The van der Waals surface area contributed by atoms with E-state index >= 15 is 0 Å². The van der Waals surface area contributed by atoms with Crippen molar-refractivity contribution in [2.75, 3.05) is 12.4 Å². The number of rotatable bonds is 7. The van der Waals surface area contributed by atoms with Gasteiger partial charge in [0.2, 0.25) is 5.91 Å². The molecule has 1 heterocycles. The van der Waals surface area contributed by atoms with E-state index in [1.807, 2.05) is 56.3 Å². The number of carbonyl (C=O) groups is 1. The van der Waals surface area contributed by atoms with Crippen molar-refractivity contribution in [3.63, 3.8) is 0 Å². The molecule has 0 saturated carbocycles. The summed E-state index contributed by atoms with van der Waals surface area (Å²) in [4.78, 5) is 31.5. The second kappa shape index (κ2) is 9.43. The molecule has 0 aliphatic heterocycles. The van der Waals surface area contributed by atoms with Gasteiger partial charge < -0.3 is 15.0 Å². The first-order valence-electron chi connectivity index (χ1n) is 9.16. The summed E-state index contributed by atoms with van der Waals surface area (Å²) in [5.74, 6) is 1.19. The van der Waals surface area contributed by atoms with Crippen LogP contribution in [-0.2, 0) is 17.0 Å². The Labute approximate surface area is 173 Å². The maximum Gasteiger partial charge on any atom is 0.251 e. The van der Waals surface area contributed by atoms with Gasteiger partial charge in [-0.3, -0.25) is 9.59 Å². The Morgan fingerprint density at radius 2 is 2.00 bits per heavy atom. The average Bonchev–Trinajstić information content (AvgIpc) is 2.68. The molecule has 2 aromatic carbocycles. The number of anilines is 1. The molecule has 7 heteroatoms. The van der Waals surface area contributed by atoms with Crippen molar-refractivity contribution in [3.8, 4) is 5.75 Å². The number of thioether (sulfide) groups is 1. The van der Waals surface area contributed by atoms with E-state index in [9.17, 15) is 9.59 Å². The number of methoxy groups -OCH3 is 1. The number of hydrogen-bond donors (Lipinski definition) is 2. The Bertz CT molecular complexity index is 1080. The third-order valence-corrected chi connectivity index (χ3v) is 5.22. The quantitative estimate of drug-likeness (QED) is 0.457. The standard InChI is InChI=1S/C22H23N3O3S/c1-14-7-8-19(15(2)9-14)24-20(26)11-17-12-21(27)25-22(23-17)29-13-16-5-4-6-18(10-16)28-3/h4-10,12H,11,13H2,1-3H3,(H,24,26)(H,23,25,27). The first-order chi connectivity index (χ1) is 13.9. The maximum atomic E-state index is 12.4. The van der Waals surface area contributed by atoms with Gasteiger partial charge in [0, 0.05) is 17.5 Å². The van der Waals surface area contributed by atoms with Crippen molar-refractivity contribution in [3.05, 3.63) is 81.3 Å². The van der Waals surface area contributed by atoms with Gasteiger partial charge in [0.15, 0.2) is 5.16 Å². The van der Waals surface area contributed by atoms with Gasteiger partial charge in [-0.2, -0.15) is 0 Å². The highest BCUT2D eigenvalue weighted by molar-refractivity contribution is 7.98. The number of nitrogens with one attached hydrogen (secondary N) is 2. The monoisotopic (exact) mass is 409 g/mol. The zero-order valence-corrected chi connectivity index (χ0v) is 17.4. The second-order valence-electron chi connectivity index (χ2n) is 6.73. The summed E-state index contributed by atoms with van der Waals surface area (Å²) in [5, 5.41) is 3.36. The summed E-state index contributed by atoms with van der Waals surface area (Å²) in [6.07, 6.45) is 0.0317. The molecule has 1 amide bonds. The van der Waals surface area contributed by atoms with Crippen LogP contribution < -0.4 is 15.6 Å². The molecule has 3 aromatic rings. The van der Waals surface area contributed by atoms with E-state index in [0.29, 0.717) is 16.6 Å². The van der Waals surface area contributed by atoms with Crippen LogP contribution in [0.1, 0.15) is 22.4 Å². The molecule has 1 aromatic heterocycles. The molecule has 0 aliphatic carbocycles. The molecule has 0 bridgehead atoms. The van der Waals surface area contributed by atoms with E-state index in [-0.39, 0.29) is 17.9 Å². The molecule has 0 unspecified atom stereocenters. The van der Waals surface area contributed by atoms with Crippen molar-refractivity contribution in [2.45, 2.75) is 31.2 Å². The molecule has 3 rings (SSSR count). The van der Waals surface area contributed by atoms with Crippen LogP contribution in [0.15, 0.2) is 58.5 Å². The minimum atomic E-state index is -0.276. The molecule has 0 saturated heterocycles. The van der Waals surface area contributed by atoms with Crippen molar-refractivity contribution in [1.29, 1.82) is 0 Å². The number of hydrogen-bond acceptors (Lipinski definition) is 5. The molecule has 150 valence electrons. The Balaban J connectivity index is 1.66. The zero-order chi connectivity index (χ0) is 20.8. The zero-order valence-electron chi connectivity index (χ0n) is 16.6. The summed E-state index contributed by atoms with van der Waals surface area (Å²) < 4.78 is 5.23. The van der Waals surface area contributed by atoms with Crippen molar-refractivity contribution < 1.29 is 9.53 Å². The Kier molecular flexibility index (Phi) is 6.72. The van der Waals surface area contributed by atoms with E-state index in [1.54, 1.807) is 7.11 Å². The number of carbonyl (C=O) groups excluding carboxylic acids is 1. The van der Waals surface area contributed by atoms with Crippen LogP contribution in [0.25, 0.3) is 0 Å². The predicted molar refractivity (Wildman–Crippen MR) is 116 cm³/mol. The van der Waals surface area contributed by atoms with Gasteiger partial charge in [-0.1, -0.05) is 41.6 Å². The molecular formula is C22H23N3O3S. The molecule has 0 fully saturated rings. The molecular weight excluding hydrogens is 386 g/mol. The van der Waals surface area contributed by atoms with Crippen LogP contribution in [0.5, 0.6) is 5.75 Å². The first-order valence-corrected chi connectivity index (χ1v) is 10.1. The van der Waals surface area contributed by atoms with Crippen LogP contribution >= 0.6 is 11.8 Å². The number of benzene rings is 2. The average molecular weight is 410 g/mol. The highest BCUT2D eigenvalue weighted by atomic mass is 32.2. The van der Waals surface area contributed by atoms with Gasteiger partial charge >= 0.3 is 0 Å². The molecule has 0 spiro atoms. The fraction of sp³-hybridized carbons (Fsp3) is 0.227. The van der Waals surface area contributed by atoms with Gasteiger partial charge in [0.25, 0.3) is 5.56 Å². The molecule has 0 radical (unpaired) electrons. The highest BCUT2D eigenvalue weighted by Gasteiger charge is 2.10.